The molecule has 0 bridgehead atoms. The summed E-state index contributed by atoms with van der Waals surface area (Å²) in [5.41, 5.74) is 1.04. The second-order valence-corrected chi connectivity index (χ2v) is 8.65. The van der Waals surface area contributed by atoms with E-state index in [0.717, 1.165) is 5.56 Å². The van der Waals surface area contributed by atoms with E-state index in [2.05, 4.69) is 0 Å². The van der Waals surface area contributed by atoms with Gasteiger partial charge in [0.05, 0.1) is 4.90 Å². The fraction of sp³-hybridized carbons (Fsp3) is 0.300. The highest BCUT2D eigenvalue weighted by molar-refractivity contribution is 7.89. The van der Waals surface area contributed by atoms with Gasteiger partial charge in [0.1, 0.15) is 0 Å². The largest absolute Gasteiger partial charge is 0.243 e. The minimum absolute atomic E-state index is 0.124. The zero-order valence-corrected chi connectivity index (χ0v) is 16.3. The van der Waals surface area contributed by atoms with Crippen LogP contribution in [0, 0.1) is 5.92 Å². The summed E-state index contributed by atoms with van der Waals surface area (Å²) >= 11 is 5.89. The quantitative estimate of drug-likeness (QED) is 0.674. The van der Waals surface area contributed by atoms with Crippen LogP contribution in [0.25, 0.3) is 6.08 Å². The van der Waals surface area contributed by atoms with E-state index in [9.17, 15) is 8.42 Å². The number of nitrogens with zero attached hydrogens (tertiary/aromatic N) is 1. The van der Waals surface area contributed by atoms with Crippen LogP contribution in [0.15, 0.2) is 65.6 Å². The number of sulfonamides is 1. The Morgan fingerprint density at radius 1 is 1.00 bits per heavy atom. The Bertz CT molecular complexity index is 799. The first-order chi connectivity index (χ1) is 11.8. The summed E-state index contributed by atoms with van der Waals surface area (Å²) in [4.78, 5) is 0.262. The number of benzene rings is 2. The Morgan fingerprint density at radius 2 is 1.60 bits per heavy atom. The van der Waals surface area contributed by atoms with Gasteiger partial charge in [-0.2, -0.15) is 4.31 Å². The molecule has 0 saturated carbocycles. The molecule has 2 aromatic rings. The summed E-state index contributed by atoms with van der Waals surface area (Å²) in [6, 6.07) is 16.0. The van der Waals surface area contributed by atoms with E-state index >= 15 is 0 Å². The summed E-state index contributed by atoms with van der Waals surface area (Å²) in [7, 11) is -3.59. The SMILES string of the molecule is CC(C)[C@H](C)N(CC=Cc1ccccc1)S(=O)(=O)c1ccc(Cl)cc1. The van der Waals surface area contributed by atoms with Gasteiger partial charge in [-0.05, 0) is 42.7 Å². The van der Waals surface area contributed by atoms with E-state index in [1.807, 2.05) is 63.3 Å². The van der Waals surface area contributed by atoms with E-state index in [4.69, 9.17) is 11.6 Å². The Morgan fingerprint density at radius 3 is 2.16 bits per heavy atom. The van der Waals surface area contributed by atoms with Crippen LogP contribution in [0.1, 0.15) is 26.3 Å². The van der Waals surface area contributed by atoms with Crippen LogP contribution < -0.4 is 0 Å². The highest BCUT2D eigenvalue weighted by atomic mass is 35.5. The minimum atomic E-state index is -3.59. The average Bonchev–Trinajstić information content (AvgIpc) is 2.59. The normalized spacial score (nSPS) is 13.7. The molecule has 0 amide bonds. The molecule has 0 saturated heterocycles. The number of hydrogen-bond acceptors (Lipinski definition) is 2. The Hall–Kier alpha value is -1.62. The Balaban J connectivity index is 2.29. The van der Waals surface area contributed by atoms with Crippen molar-refractivity contribution in [3.05, 3.63) is 71.3 Å². The maximum Gasteiger partial charge on any atom is 0.243 e. The fourth-order valence-corrected chi connectivity index (χ4v) is 4.25. The molecule has 0 unspecified atom stereocenters. The third kappa shape index (κ3) is 5.18. The minimum Gasteiger partial charge on any atom is -0.207 e. The summed E-state index contributed by atoms with van der Waals surface area (Å²) < 4.78 is 27.7. The Kier molecular flexibility index (Phi) is 6.82. The van der Waals surface area contributed by atoms with Gasteiger partial charge in [-0.1, -0.05) is 67.9 Å². The Labute approximate surface area is 156 Å². The van der Waals surface area contributed by atoms with Crippen molar-refractivity contribution in [1.82, 2.24) is 4.31 Å². The standard InChI is InChI=1S/C20H24ClNO2S/c1-16(2)17(3)22(15-7-10-18-8-5-4-6-9-18)25(23,24)20-13-11-19(21)12-14-20/h4-14,16-17H,15H2,1-3H3/t17-/m0/s1. The summed E-state index contributed by atoms with van der Waals surface area (Å²) in [6.07, 6.45) is 3.83. The second kappa shape index (κ2) is 8.65. The topological polar surface area (TPSA) is 37.4 Å². The van der Waals surface area contributed by atoms with Gasteiger partial charge in [-0.3, -0.25) is 0 Å². The van der Waals surface area contributed by atoms with Crippen LogP contribution in [-0.2, 0) is 10.0 Å². The third-order valence-corrected chi connectivity index (χ3v) is 6.45. The van der Waals surface area contributed by atoms with Gasteiger partial charge in [-0.25, -0.2) is 8.42 Å². The molecule has 2 rings (SSSR count). The molecule has 3 nitrogen and oxygen atoms in total. The molecule has 0 fully saturated rings. The first-order valence-electron chi connectivity index (χ1n) is 8.31. The van der Waals surface area contributed by atoms with Gasteiger partial charge in [0.2, 0.25) is 10.0 Å². The molecule has 0 spiro atoms. The third-order valence-electron chi connectivity index (χ3n) is 4.23. The van der Waals surface area contributed by atoms with Crippen LogP contribution >= 0.6 is 11.6 Å². The van der Waals surface area contributed by atoms with Crippen LogP contribution in [0.5, 0.6) is 0 Å². The van der Waals surface area contributed by atoms with E-state index in [0.29, 0.717) is 11.6 Å². The number of rotatable bonds is 7. The lowest BCUT2D eigenvalue weighted by molar-refractivity contribution is 0.296. The molecule has 134 valence electrons. The van der Waals surface area contributed by atoms with E-state index in [1.165, 1.54) is 0 Å². The van der Waals surface area contributed by atoms with Crippen LogP contribution in [0.2, 0.25) is 5.02 Å². The lowest BCUT2D eigenvalue weighted by atomic mass is 10.1. The van der Waals surface area contributed by atoms with E-state index < -0.39 is 10.0 Å². The van der Waals surface area contributed by atoms with Gasteiger partial charge in [0.15, 0.2) is 0 Å². The van der Waals surface area contributed by atoms with Crippen molar-refractivity contribution in [1.29, 1.82) is 0 Å². The van der Waals surface area contributed by atoms with Crippen molar-refractivity contribution in [2.45, 2.75) is 31.7 Å². The molecule has 0 aliphatic rings. The predicted molar refractivity (Wildman–Crippen MR) is 105 cm³/mol. The van der Waals surface area contributed by atoms with Gasteiger partial charge >= 0.3 is 0 Å². The van der Waals surface area contributed by atoms with Gasteiger partial charge in [0, 0.05) is 17.6 Å². The molecule has 1 atom stereocenters. The zero-order valence-electron chi connectivity index (χ0n) is 14.8. The summed E-state index contributed by atoms with van der Waals surface area (Å²) in [5, 5.41) is 0.520. The smallest absolute Gasteiger partial charge is 0.207 e. The van der Waals surface area contributed by atoms with Gasteiger partial charge < -0.3 is 0 Å². The van der Waals surface area contributed by atoms with Crippen molar-refractivity contribution in [3.8, 4) is 0 Å². The summed E-state index contributed by atoms with van der Waals surface area (Å²) in [6.45, 7) is 6.31. The average molecular weight is 378 g/mol. The number of hydrogen-bond donors (Lipinski definition) is 0. The molecule has 0 aliphatic heterocycles. The molecule has 5 heteroatoms. The van der Waals surface area contributed by atoms with Crippen LogP contribution in [0.3, 0.4) is 0 Å². The van der Waals surface area contributed by atoms with Gasteiger partial charge in [0.25, 0.3) is 0 Å². The highest BCUT2D eigenvalue weighted by Crippen LogP contribution is 2.23. The van der Waals surface area contributed by atoms with Crippen LogP contribution in [-0.4, -0.2) is 25.3 Å². The molecule has 2 aromatic carbocycles. The second-order valence-electron chi connectivity index (χ2n) is 6.33. The lowest BCUT2D eigenvalue weighted by Crippen LogP contribution is -2.41. The van der Waals surface area contributed by atoms with Gasteiger partial charge in [-0.15, -0.1) is 0 Å². The molecule has 0 heterocycles. The molecular weight excluding hydrogens is 354 g/mol. The van der Waals surface area contributed by atoms with E-state index in [1.54, 1.807) is 28.6 Å². The first-order valence-corrected chi connectivity index (χ1v) is 10.1. The van der Waals surface area contributed by atoms with Crippen molar-refractivity contribution in [2.24, 2.45) is 5.92 Å². The van der Waals surface area contributed by atoms with Crippen molar-refractivity contribution in [3.63, 3.8) is 0 Å². The summed E-state index contributed by atoms with van der Waals surface area (Å²) in [5.74, 6) is 0.201. The zero-order chi connectivity index (χ0) is 18.4. The van der Waals surface area contributed by atoms with Crippen molar-refractivity contribution in [2.75, 3.05) is 6.54 Å². The van der Waals surface area contributed by atoms with E-state index in [-0.39, 0.29) is 16.9 Å². The van der Waals surface area contributed by atoms with Crippen molar-refractivity contribution >= 4 is 27.7 Å². The fourth-order valence-electron chi connectivity index (χ4n) is 2.41. The molecular formula is C20H24ClNO2S. The molecule has 0 radical (unpaired) electrons. The molecule has 0 aromatic heterocycles. The van der Waals surface area contributed by atoms with Crippen LogP contribution in [0.4, 0.5) is 0 Å². The maximum absolute atomic E-state index is 13.1. The molecule has 0 N–H and O–H groups in total. The molecule has 0 aliphatic carbocycles. The lowest BCUT2D eigenvalue weighted by Gasteiger charge is -2.30. The van der Waals surface area contributed by atoms with Crippen molar-refractivity contribution < 1.29 is 8.42 Å². The monoisotopic (exact) mass is 377 g/mol. The highest BCUT2D eigenvalue weighted by Gasteiger charge is 2.29. The predicted octanol–water partition coefficient (Wildman–Crippen LogP) is 5.09. The number of halogens is 1. The first kappa shape index (κ1) is 19.7. The molecule has 25 heavy (non-hydrogen) atoms. The maximum atomic E-state index is 13.1.